The van der Waals surface area contributed by atoms with Gasteiger partial charge >= 0.3 is 17.9 Å². The molecule has 0 aliphatic rings. The van der Waals surface area contributed by atoms with Crippen LogP contribution in [0.25, 0.3) is 0 Å². The van der Waals surface area contributed by atoms with Gasteiger partial charge < -0.3 is 14.2 Å². The van der Waals surface area contributed by atoms with Crippen molar-refractivity contribution in [3.8, 4) is 0 Å². The molecule has 0 aromatic rings. The maximum Gasteiger partial charge on any atom is 0.306 e. The van der Waals surface area contributed by atoms with Crippen molar-refractivity contribution in [3.05, 3.63) is 85.1 Å². The van der Waals surface area contributed by atoms with Crippen LogP contribution in [-0.2, 0) is 28.6 Å². The minimum Gasteiger partial charge on any atom is -0.462 e. The Morgan fingerprint density at radius 1 is 0.373 bits per heavy atom. The van der Waals surface area contributed by atoms with Gasteiger partial charge in [-0.25, -0.2) is 0 Å². The van der Waals surface area contributed by atoms with Crippen molar-refractivity contribution >= 4 is 17.9 Å². The molecule has 6 heteroatoms. The van der Waals surface area contributed by atoms with Gasteiger partial charge in [0.15, 0.2) is 6.10 Å². The number of carbonyl (C=O) groups excluding carboxylic acids is 3. The Labute approximate surface area is 363 Å². The molecule has 0 N–H and O–H groups in total. The van der Waals surface area contributed by atoms with Gasteiger partial charge in [0.25, 0.3) is 0 Å². The Morgan fingerprint density at radius 3 is 1.17 bits per heavy atom. The van der Waals surface area contributed by atoms with Crippen LogP contribution in [0.15, 0.2) is 85.1 Å². The second kappa shape index (κ2) is 47.3. The molecule has 6 nitrogen and oxygen atoms in total. The topological polar surface area (TPSA) is 78.9 Å². The molecule has 0 saturated carbocycles. The zero-order valence-electron chi connectivity index (χ0n) is 38.2. The lowest BCUT2D eigenvalue weighted by Crippen LogP contribution is -2.30. The molecule has 0 rings (SSSR count). The van der Waals surface area contributed by atoms with E-state index in [1.807, 2.05) is 0 Å². The summed E-state index contributed by atoms with van der Waals surface area (Å²) in [4.78, 5) is 37.8. The molecule has 1 unspecified atom stereocenters. The number of carbonyl (C=O) groups is 3. The number of rotatable bonds is 42. The minimum absolute atomic E-state index is 0.0991. The molecule has 0 aromatic heterocycles. The molecular formula is C53H88O6. The predicted molar refractivity (Wildman–Crippen MR) is 251 cm³/mol. The summed E-state index contributed by atoms with van der Waals surface area (Å²) in [6.45, 7) is 6.32. The molecule has 59 heavy (non-hydrogen) atoms. The van der Waals surface area contributed by atoms with Crippen molar-refractivity contribution in [1.29, 1.82) is 0 Å². The van der Waals surface area contributed by atoms with E-state index in [4.69, 9.17) is 14.2 Å². The second-order valence-electron chi connectivity index (χ2n) is 15.6. The van der Waals surface area contributed by atoms with Gasteiger partial charge in [-0.1, -0.05) is 176 Å². The van der Waals surface area contributed by atoms with Crippen LogP contribution in [0, 0.1) is 0 Å². The minimum atomic E-state index is -0.800. The summed E-state index contributed by atoms with van der Waals surface area (Å²) >= 11 is 0. The highest BCUT2D eigenvalue weighted by Gasteiger charge is 2.19. The maximum atomic E-state index is 12.8. The highest BCUT2D eigenvalue weighted by molar-refractivity contribution is 5.71. The maximum absolute atomic E-state index is 12.8. The largest absolute Gasteiger partial charge is 0.462 e. The van der Waals surface area contributed by atoms with Crippen molar-refractivity contribution in [2.75, 3.05) is 13.2 Å². The van der Waals surface area contributed by atoms with E-state index >= 15 is 0 Å². The standard InChI is InChI=1S/C53H88O6/c1-4-7-10-13-16-19-22-25-27-29-31-34-37-40-43-46-52(55)58-49-50(48-57-51(54)45-42-39-36-33-30-24-21-18-15-12-9-6-3)59-53(56)47-44-41-38-35-32-28-26-23-20-17-14-11-8-5-2/h8-9,11-12,16-22,25,30,33,50H,4-7,10,13-15,23-24,26-29,31-32,34-49H2,1-3H3/b11-8-,12-9-,19-16-,20-17-,21-18-,25-22-,33-30-. The molecule has 0 aliphatic carbocycles. The van der Waals surface area contributed by atoms with Gasteiger partial charge in [-0.2, -0.15) is 0 Å². The Kier molecular flexibility index (Phi) is 44.5. The molecular weight excluding hydrogens is 733 g/mol. The molecule has 1 atom stereocenters. The monoisotopic (exact) mass is 821 g/mol. The summed E-state index contributed by atoms with van der Waals surface area (Å²) in [7, 11) is 0. The van der Waals surface area contributed by atoms with Gasteiger partial charge in [0.2, 0.25) is 0 Å². The zero-order chi connectivity index (χ0) is 43.0. The SMILES string of the molecule is CC/C=C\C/C=C\C/C=C\CCCCC(=O)OCC(COC(=O)CCCCCCCC/C=C\C=C/CCCCC)OC(=O)CCCCCCCCC/C=C\C/C=C\CC. The van der Waals surface area contributed by atoms with Crippen molar-refractivity contribution in [3.63, 3.8) is 0 Å². The Bertz CT molecular complexity index is 1170. The number of allylic oxidation sites excluding steroid dienone is 14. The lowest BCUT2D eigenvalue weighted by atomic mass is 10.1. The predicted octanol–water partition coefficient (Wildman–Crippen LogP) is 15.6. The summed E-state index contributed by atoms with van der Waals surface area (Å²) in [6.07, 6.45) is 59.9. The van der Waals surface area contributed by atoms with Crippen LogP contribution in [0.2, 0.25) is 0 Å². The Morgan fingerprint density at radius 2 is 0.712 bits per heavy atom. The van der Waals surface area contributed by atoms with E-state index in [1.54, 1.807) is 0 Å². The van der Waals surface area contributed by atoms with Gasteiger partial charge in [0.1, 0.15) is 13.2 Å². The van der Waals surface area contributed by atoms with Crippen molar-refractivity contribution in [2.45, 2.75) is 219 Å². The molecule has 336 valence electrons. The zero-order valence-corrected chi connectivity index (χ0v) is 38.2. The first-order valence-electron chi connectivity index (χ1n) is 24.1. The molecule has 0 amide bonds. The van der Waals surface area contributed by atoms with Gasteiger partial charge in [-0.3, -0.25) is 14.4 Å². The van der Waals surface area contributed by atoms with Crippen LogP contribution in [-0.4, -0.2) is 37.2 Å². The van der Waals surface area contributed by atoms with E-state index in [-0.39, 0.29) is 31.1 Å². The van der Waals surface area contributed by atoms with Crippen LogP contribution < -0.4 is 0 Å². The summed E-state index contributed by atoms with van der Waals surface area (Å²) in [6, 6.07) is 0. The fraction of sp³-hybridized carbons (Fsp3) is 0.679. The Hall–Kier alpha value is -3.41. The first-order valence-corrected chi connectivity index (χ1v) is 24.1. The summed E-state index contributed by atoms with van der Waals surface area (Å²) < 4.78 is 16.7. The highest BCUT2D eigenvalue weighted by atomic mass is 16.6. The highest BCUT2D eigenvalue weighted by Crippen LogP contribution is 2.13. The average Bonchev–Trinajstić information content (AvgIpc) is 3.23. The number of hydrogen-bond acceptors (Lipinski definition) is 6. The van der Waals surface area contributed by atoms with Crippen LogP contribution >= 0.6 is 0 Å². The van der Waals surface area contributed by atoms with E-state index < -0.39 is 6.10 Å². The average molecular weight is 821 g/mol. The molecule has 0 spiro atoms. The van der Waals surface area contributed by atoms with Crippen molar-refractivity contribution < 1.29 is 28.6 Å². The molecule has 0 heterocycles. The number of unbranched alkanes of at least 4 members (excludes halogenated alkanes) is 18. The summed E-state index contributed by atoms with van der Waals surface area (Å²) in [5, 5.41) is 0. The normalized spacial score (nSPS) is 12.8. The van der Waals surface area contributed by atoms with Gasteiger partial charge in [-0.15, -0.1) is 0 Å². The first-order chi connectivity index (χ1) is 29.0. The fourth-order valence-corrected chi connectivity index (χ4v) is 6.31. The number of esters is 3. The van der Waals surface area contributed by atoms with Crippen LogP contribution in [0.4, 0.5) is 0 Å². The number of hydrogen-bond donors (Lipinski definition) is 0. The lowest BCUT2D eigenvalue weighted by Gasteiger charge is -2.18. The third-order valence-corrected chi connectivity index (χ3v) is 9.89. The van der Waals surface area contributed by atoms with E-state index in [2.05, 4.69) is 106 Å². The fourth-order valence-electron chi connectivity index (χ4n) is 6.31. The Balaban J connectivity index is 4.47. The van der Waals surface area contributed by atoms with Crippen LogP contribution in [0.5, 0.6) is 0 Å². The first kappa shape index (κ1) is 55.6. The third-order valence-electron chi connectivity index (χ3n) is 9.89. The van der Waals surface area contributed by atoms with Gasteiger partial charge in [0, 0.05) is 19.3 Å². The summed E-state index contributed by atoms with van der Waals surface area (Å²) in [5.74, 6) is -0.964. The molecule has 0 aliphatic heterocycles. The molecule has 0 radical (unpaired) electrons. The van der Waals surface area contributed by atoms with Crippen molar-refractivity contribution in [1.82, 2.24) is 0 Å². The molecule has 0 aromatic carbocycles. The molecule has 0 fully saturated rings. The quantitative estimate of drug-likeness (QED) is 0.0201. The van der Waals surface area contributed by atoms with Crippen LogP contribution in [0.3, 0.4) is 0 Å². The molecule has 0 bridgehead atoms. The van der Waals surface area contributed by atoms with E-state index in [9.17, 15) is 14.4 Å². The number of ether oxygens (including phenoxy) is 3. The van der Waals surface area contributed by atoms with Crippen molar-refractivity contribution in [2.24, 2.45) is 0 Å². The van der Waals surface area contributed by atoms with E-state index in [0.717, 1.165) is 103 Å². The molecule has 0 saturated heterocycles. The smallest absolute Gasteiger partial charge is 0.306 e. The second-order valence-corrected chi connectivity index (χ2v) is 15.6. The van der Waals surface area contributed by atoms with Gasteiger partial charge in [-0.05, 0) is 103 Å². The lowest BCUT2D eigenvalue weighted by molar-refractivity contribution is -0.167. The van der Waals surface area contributed by atoms with Crippen LogP contribution in [0.1, 0.15) is 213 Å². The van der Waals surface area contributed by atoms with Gasteiger partial charge in [0.05, 0.1) is 0 Å². The van der Waals surface area contributed by atoms with E-state index in [0.29, 0.717) is 19.3 Å². The van der Waals surface area contributed by atoms with E-state index in [1.165, 1.54) is 70.6 Å². The third kappa shape index (κ3) is 45.5. The summed E-state index contributed by atoms with van der Waals surface area (Å²) in [5.41, 5.74) is 0.